The van der Waals surface area contributed by atoms with Gasteiger partial charge in [0.25, 0.3) is 0 Å². The van der Waals surface area contributed by atoms with Crippen LogP contribution in [0.4, 0.5) is 0 Å². The number of hydrogen-bond acceptors (Lipinski definition) is 14. The van der Waals surface area contributed by atoms with Gasteiger partial charge >= 0.3 is 11.9 Å². The Kier molecular flexibility index (Phi) is 21.8. The Morgan fingerprint density at radius 3 is 1.14 bits per heavy atom. The van der Waals surface area contributed by atoms with Crippen LogP contribution >= 0.6 is 94.1 Å². The SMILES string of the molecule is C=CC(=O)OC(COc1ccc(-c2ccc(OCC(CSCc3c(SC)cc(SC)cc3SC)OC(=O)C=C)cc2)cc1)CSCc1c(SC)cc(SC)cc1SC. The minimum Gasteiger partial charge on any atom is -0.490 e. The molecule has 4 aromatic carbocycles. The summed E-state index contributed by atoms with van der Waals surface area (Å²) >= 11 is 14.0. The van der Waals surface area contributed by atoms with E-state index in [4.69, 9.17) is 18.9 Å². The quantitative estimate of drug-likeness (QED) is 0.0360. The number of carbonyl (C=O) groups is 2. The third-order valence-corrected chi connectivity index (χ3v) is 15.4. The second-order valence-electron chi connectivity index (χ2n) is 12.2. The summed E-state index contributed by atoms with van der Waals surface area (Å²) in [6.07, 6.45) is 14.1. The van der Waals surface area contributed by atoms with E-state index < -0.39 is 24.1 Å². The second-order valence-corrected chi connectivity index (χ2v) is 19.5. The van der Waals surface area contributed by atoms with Crippen molar-refractivity contribution in [3.8, 4) is 22.6 Å². The average Bonchev–Trinajstić information content (AvgIpc) is 3.26. The van der Waals surface area contributed by atoms with E-state index in [0.717, 1.165) is 22.6 Å². The molecule has 0 spiro atoms. The molecule has 0 aromatic heterocycles. The van der Waals surface area contributed by atoms with Gasteiger partial charge in [-0.25, -0.2) is 9.59 Å². The van der Waals surface area contributed by atoms with Crippen LogP contribution in [0.3, 0.4) is 0 Å². The van der Waals surface area contributed by atoms with Crippen LogP contribution in [-0.2, 0) is 30.6 Å². The molecule has 0 saturated heterocycles. The molecule has 0 aliphatic heterocycles. The maximum Gasteiger partial charge on any atom is 0.330 e. The van der Waals surface area contributed by atoms with Crippen LogP contribution in [0.25, 0.3) is 11.1 Å². The van der Waals surface area contributed by atoms with Crippen molar-refractivity contribution < 1.29 is 28.5 Å². The summed E-state index contributed by atoms with van der Waals surface area (Å²) in [5.41, 5.74) is 4.64. The largest absolute Gasteiger partial charge is 0.490 e. The first kappa shape index (κ1) is 48.4. The zero-order valence-corrected chi connectivity index (χ0v) is 40.1. The highest BCUT2D eigenvalue weighted by Crippen LogP contribution is 2.38. The number of benzene rings is 4. The average molecular weight is 931 g/mol. The smallest absolute Gasteiger partial charge is 0.330 e. The number of esters is 2. The third-order valence-electron chi connectivity index (χ3n) is 8.55. The van der Waals surface area contributed by atoms with E-state index in [1.807, 2.05) is 48.5 Å². The number of ether oxygens (including phenoxy) is 4. The van der Waals surface area contributed by atoms with Crippen molar-refractivity contribution >= 4 is 106 Å². The van der Waals surface area contributed by atoms with E-state index in [-0.39, 0.29) is 13.2 Å². The molecule has 0 saturated carbocycles. The molecule has 0 bridgehead atoms. The minimum atomic E-state index is -0.467. The lowest BCUT2D eigenvalue weighted by Crippen LogP contribution is -2.27. The molecule has 58 heavy (non-hydrogen) atoms. The van der Waals surface area contributed by atoms with Gasteiger partial charge in [0.05, 0.1) is 0 Å². The van der Waals surface area contributed by atoms with Crippen LogP contribution in [0.2, 0.25) is 0 Å². The van der Waals surface area contributed by atoms with E-state index in [2.05, 4.69) is 75.0 Å². The van der Waals surface area contributed by atoms with Crippen molar-refractivity contribution in [1.82, 2.24) is 0 Å². The fourth-order valence-corrected chi connectivity index (χ4v) is 12.1. The lowest BCUT2D eigenvalue weighted by atomic mass is 10.1. The molecule has 2 unspecified atom stereocenters. The predicted molar refractivity (Wildman–Crippen MR) is 259 cm³/mol. The Morgan fingerprint density at radius 1 is 0.534 bits per heavy atom. The van der Waals surface area contributed by atoms with Crippen molar-refractivity contribution in [2.75, 3.05) is 62.3 Å². The van der Waals surface area contributed by atoms with E-state index >= 15 is 0 Å². The molecular weight excluding hydrogens is 881 g/mol. The molecule has 0 fully saturated rings. The molecule has 0 radical (unpaired) electrons. The Bertz CT molecular complexity index is 1760. The molecule has 310 valence electrons. The summed E-state index contributed by atoms with van der Waals surface area (Å²) in [4.78, 5) is 32.0. The van der Waals surface area contributed by atoms with Gasteiger partial charge in [0, 0.05) is 64.5 Å². The van der Waals surface area contributed by atoms with Gasteiger partial charge < -0.3 is 18.9 Å². The number of carbonyl (C=O) groups excluding carboxylic acids is 2. The lowest BCUT2D eigenvalue weighted by Gasteiger charge is -2.19. The van der Waals surface area contributed by atoms with E-state index in [9.17, 15) is 9.59 Å². The molecule has 6 nitrogen and oxygen atoms in total. The molecule has 4 rings (SSSR count). The van der Waals surface area contributed by atoms with Crippen LogP contribution in [0.15, 0.2) is 127 Å². The van der Waals surface area contributed by atoms with Gasteiger partial charge in [-0.15, -0.1) is 70.6 Å². The van der Waals surface area contributed by atoms with Gasteiger partial charge in [-0.3, -0.25) is 0 Å². The summed E-state index contributed by atoms with van der Waals surface area (Å²) < 4.78 is 23.6. The first-order valence-corrected chi connectivity index (χ1v) is 27.7. The normalized spacial score (nSPS) is 12.0. The topological polar surface area (TPSA) is 71.1 Å². The third kappa shape index (κ3) is 15.0. The summed E-state index contributed by atoms with van der Waals surface area (Å²) in [5, 5.41) is 0. The number of rotatable bonds is 25. The maximum absolute atomic E-state index is 12.2. The Balaban J connectivity index is 1.32. The maximum atomic E-state index is 12.2. The number of hydrogen-bond donors (Lipinski definition) is 0. The highest BCUT2D eigenvalue weighted by Gasteiger charge is 2.19. The van der Waals surface area contributed by atoms with E-state index in [1.54, 1.807) is 94.1 Å². The van der Waals surface area contributed by atoms with Crippen molar-refractivity contribution in [2.24, 2.45) is 0 Å². The zero-order chi connectivity index (χ0) is 41.9. The summed E-state index contributed by atoms with van der Waals surface area (Å²) in [6.45, 7) is 7.58. The van der Waals surface area contributed by atoms with Crippen LogP contribution in [0.1, 0.15) is 11.1 Å². The lowest BCUT2D eigenvalue weighted by molar-refractivity contribution is -0.144. The van der Waals surface area contributed by atoms with Crippen molar-refractivity contribution in [2.45, 2.75) is 53.1 Å². The summed E-state index contributed by atoms with van der Waals surface area (Å²) in [5.74, 6) is 3.20. The van der Waals surface area contributed by atoms with Gasteiger partial charge in [0.1, 0.15) is 36.9 Å². The van der Waals surface area contributed by atoms with Crippen molar-refractivity contribution in [3.63, 3.8) is 0 Å². The second kappa shape index (κ2) is 26.1. The van der Waals surface area contributed by atoms with Crippen molar-refractivity contribution in [3.05, 3.63) is 109 Å². The highest BCUT2D eigenvalue weighted by molar-refractivity contribution is 8.01. The monoisotopic (exact) mass is 930 g/mol. The van der Waals surface area contributed by atoms with Crippen LogP contribution in [0, 0.1) is 0 Å². The zero-order valence-electron chi connectivity index (χ0n) is 33.6. The first-order chi connectivity index (χ1) is 28.2. The van der Waals surface area contributed by atoms with E-state index in [0.29, 0.717) is 23.0 Å². The molecule has 2 atom stereocenters. The van der Waals surface area contributed by atoms with Crippen LogP contribution in [0.5, 0.6) is 11.5 Å². The molecule has 4 aromatic rings. The molecule has 0 amide bonds. The highest BCUT2D eigenvalue weighted by atomic mass is 32.2. The first-order valence-electron chi connectivity index (χ1n) is 18.0. The van der Waals surface area contributed by atoms with E-state index in [1.165, 1.54) is 52.7 Å². The van der Waals surface area contributed by atoms with Gasteiger partial charge in [0.15, 0.2) is 0 Å². The standard InChI is InChI=1S/C44H50O6S8/c1-9-43(45)49-33(25-57-27-37-39(53-5)19-35(51-3)20-40(37)54-6)23-47-31-15-11-29(12-16-31)30-13-17-32(18-14-30)48-24-34(50-44(46)10-2)26-58-28-38-41(55-7)21-36(52-4)22-42(38)56-8/h9-22,33-34H,1-2,23-28H2,3-8H3. The summed E-state index contributed by atoms with van der Waals surface area (Å²) in [7, 11) is 0. The van der Waals surface area contributed by atoms with Gasteiger partial charge in [0.2, 0.25) is 0 Å². The fourth-order valence-electron chi connectivity index (χ4n) is 5.55. The molecule has 0 aliphatic carbocycles. The molecular formula is C44H50O6S8. The van der Waals surface area contributed by atoms with Crippen LogP contribution < -0.4 is 9.47 Å². The van der Waals surface area contributed by atoms with Gasteiger partial charge in [-0.05, 0) is 108 Å². The Labute approximate surface area is 378 Å². The van der Waals surface area contributed by atoms with Gasteiger partial charge in [-0.1, -0.05) is 37.4 Å². The summed E-state index contributed by atoms with van der Waals surface area (Å²) in [6, 6.07) is 24.6. The molecule has 14 heteroatoms. The van der Waals surface area contributed by atoms with Crippen molar-refractivity contribution in [1.29, 1.82) is 0 Å². The van der Waals surface area contributed by atoms with Crippen LogP contribution in [-0.4, -0.2) is 86.4 Å². The Hall–Kier alpha value is -2.30. The fraction of sp³-hybridized carbons (Fsp3) is 0.318. The molecule has 0 heterocycles. The molecule has 0 N–H and O–H groups in total. The number of thioether (sulfide) groups is 8. The Morgan fingerprint density at radius 2 is 0.862 bits per heavy atom. The molecule has 0 aliphatic rings. The predicted octanol–water partition coefficient (Wildman–Crippen LogP) is 12.5. The van der Waals surface area contributed by atoms with Gasteiger partial charge in [-0.2, -0.15) is 23.5 Å². The minimum absolute atomic E-state index is 0.221.